The molecule has 3 rings (SSSR count). The van der Waals surface area contributed by atoms with E-state index in [1.165, 1.54) is 12.8 Å². The van der Waals surface area contributed by atoms with Crippen LogP contribution in [-0.2, 0) is 9.59 Å². The molecule has 0 unspecified atom stereocenters. The highest BCUT2D eigenvalue weighted by Gasteiger charge is 2.24. The van der Waals surface area contributed by atoms with Crippen LogP contribution in [0.4, 0.5) is 0 Å². The standard InChI is InChI=1S/C21H29ClN4O3/c22-18-7-5-17(6-8-18)21(29)23-15-19(27)26-13-11-24(12-14-26)16-20(28)25-9-3-1-2-4-10-25/h5-8H,1-4,9-16H2,(H,23,29). The zero-order valence-corrected chi connectivity index (χ0v) is 17.5. The first-order valence-electron chi connectivity index (χ1n) is 10.3. The molecule has 2 fully saturated rings. The maximum atomic E-state index is 12.5. The van der Waals surface area contributed by atoms with Gasteiger partial charge in [-0.1, -0.05) is 24.4 Å². The van der Waals surface area contributed by atoms with Crippen molar-refractivity contribution < 1.29 is 14.4 Å². The van der Waals surface area contributed by atoms with Crippen molar-refractivity contribution in [2.75, 3.05) is 52.4 Å². The molecule has 1 aromatic rings. The van der Waals surface area contributed by atoms with Crippen LogP contribution in [0.5, 0.6) is 0 Å². The Morgan fingerprint density at radius 2 is 1.38 bits per heavy atom. The summed E-state index contributed by atoms with van der Waals surface area (Å²) in [6, 6.07) is 6.54. The Hall–Kier alpha value is -2.12. The van der Waals surface area contributed by atoms with Crippen LogP contribution in [0.3, 0.4) is 0 Å². The highest BCUT2D eigenvalue weighted by atomic mass is 35.5. The van der Waals surface area contributed by atoms with Crippen LogP contribution in [0.15, 0.2) is 24.3 Å². The van der Waals surface area contributed by atoms with Gasteiger partial charge in [0.15, 0.2) is 0 Å². The summed E-state index contributed by atoms with van der Waals surface area (Å²) in [4.78, 5) is 42.9. The fraction of sp³-hybridized carbons (Fsp3) is 0.571. The molecule has 2 heterocycles. The van der Waals surface area contributed by atoms with Gasteiger partial charge in [0.25, 0.3) is 5.91 Å². The maximum Gasteiger partial charge on any atom is 0.251 e. The lowest BCUT2D eigenvalue weighted by Gasteiger charge is -2.35. The van der Waals surface area contributed by atoms with E-state index in [1.54, 1.807) is 29.2 Å². The topological polar surface area (TPSA) is 73.0 Å². The lowest BCUT2D eigenvalue weighted by atomic mass is 10.2. The van der Waals surface area contributed by atoms with Gasteiger partial charge in [0.05, 0.1) is 13.1 Å². The predicted octanol–water partition coefficient (Wildman–Crippen LogP) is 1.62. The van der Waals surface area contributed by atoms with Gasteiger partial charge in [-0.15, -0.1) is 0 Å². The number of likely N-dealkylation sites (tertiary alicyclic amines) is 1. The fourth-order valence-electron chi connectivity index (χ4n) is 3.74. The fourth-order valence-corrected chi connectivity index (χ4v) is 3.86. The first-order chi connectivity index (χ1) is 14.0. The lowest BCUT2D eigenvalue weighted by molar-refractivity contribution is -0.134. The third-order valence-electron chi connectivity index (χ3n) is 5.55. The van der Waals surface area contributed by atoms with E-state index in [0.717, 1.165) is 25.9 Å². The molecule has 0 spiro atoms. The summed E-state index contributed by atoms with van der Waals surface area (Å²) in [5.74, 6) is -0.204. The first kappa shape index (κ1) is 21.6. The minimum atomic E-state index is -0.295. The van der Waals surface area contributed by atoms with Crippen LogP contribution in [0.2, 0.25) is 5.02 Å². The summed E-state index contributed by atoms with van der Waals surface area (Å²) in [7, 11) is 0. The Balaban J connectivity index is 1.38. The molecule has 8 heteroatoms. The molecular weight excluding hydrogens is 392 g/mol. The summed E-state index contributed by atoms with van der Waals surface area (Å²) in [6.45, 7) is 4.62. The number of hydrogen-bond donors (Lipinski definition) is 1. The molecule has 2 aliphatic heterocycles. The van der Waals surface area contributed by atoms with E-state index in [-0.39, 0.29) is 24.3 Å². The van der Waals surface area contributed by atoms with Crippen LogP contribution in [-0.4, -0.2) is 84.8 Å². The number of nitrogens with zero attached hydrogens (tertiary/aromatic N) is 3. The minimum Gasteiger partial charge on any atom is -0.343 e. The Morgan fingerprint density at radius 1 is 0.793 bits per heavy atom. The van der Waals surface area contributed by atoms with Gasteiger partial charge in [0.2, 0.25) is 11.8 Å². The lowest BCUT2D eigenvalue weighted by Crippen LogP contribution is -2.53. The number of nitrogens with one attached hydrogen (secondary N) is 1. The number of benzene rings is 1. The highest BCUT2D eigenvalue weighted by molar-refractivity contribution is 6.30. The molecule has 158 valence electrons. The minimum absolute atomic E-state index is 0.0336. The number of hydrogen-bond acceptors (Lipinski definition) is 4. The Labute approximate surface area is 177 Å². The zero-order valence-electron chi connectivity index (χ0n) is 16.7. The average Bonchev–Trinajstić information content (AvgIpc) is 3.02. The second kappa shape index (κ2) is 10.6. The molecule has 0 atom stereocenters. The number of piperazine rings is 1. The first-order valence-corrected chi connectivity index (χ1v) is 10.7. The van der Waals surface area contributed by atoms with Crippen molar-refractivity contribution in [3.63, 3.8) is 0 Å². The second-order valence-electron chi connectivity index (χ2n) is 7.64. The number of carbonyl (C=O) groups excluding carboxylic acids is 3. The van der Waals surface area contributed by atoms with Crippen molar-refractivity contribution in [3.8, 4) is 0 Å². The number of carbonyl (C=O) groups is 3. The Kier molecular flexibility index (Phi) is 7.89. The molecule has 3 amide bonds. The van der Waals surface area contributed by atoms with Gasteiger partial charge in [-0.05, 0) is 37.1 Å². The molecule has 2 aliphatic rings. The SMILES string of the molecule is O=C(NCC(=O)N1CCN(CC(=O)N2CCCCCC2)CC1)c1ccc(Cl)cc1. The molecule has 1 aromatic carbocycles. The molecular formula is C21H29ClN4O3. The van der Waals surface area contributed by atoms with Crippen LogP contribution >= 0.6 is 11.6 Å². The van der Waals surface area contributed by atoms with Gasteiger partial charge in [-0.3, -0.25) is 19.3 Å². The Bertz CT molecular complexity index is 709. The van der Waals surface area contributed by atoms with E-state index < -0.39 is 0 Å². The van der Waals surface area contributed by atoms with E-state index >= 15 is 0 Å². The van der Waals surface area contributed by atoms with Gasteiger partial charge >= 0.3 is 0 Å². The number of amides is 3. The summed E-state index contributed by atoms with van der Waals surface area (Å²) in [6.07, 6.45) is 4.60. The monoisotopic (exact) mass is 420 g/mol. The van der Waals surface area contributed by atoms with Gasteiger partial charge in [0.1, 0.15) is 0 Å². The van der Waals surface area contributed by atoms with E-state index in [1.807, 2.05) is 4.90 Å². The summed E-state index contributed by atoms with van der Waals surface area (Å²) < 4.78 is 0. The third-order valence-corrected chi connectivity index (χ3v) is 5.80. The van der Waals surface area contributed by atoms with Crippen LogP contribution in [0, 0.1) is 0 Å². The summed E-state index contributed by atoms with van der Waals surface area (Å²) in [5.41, 5.74) is 0.471. The third kappa shape index (κ3) is 6.44. The van der Waals surface area contributed by atoms with Crippen LogP contribution < -0.4 is 5.32 Å². The van der Waals surface area contributed by atoms with Gasteiger partial charge < -0.3 is 15.1 Å². The zero-order chi connectivity index (χ0) is 20.6. The Morgan fingerprint density at radius 3 is 2.00 bits per heavy atom. The molecule has 0 saturated carbocycles. The van der Waals surface area contributed by atoms with Crippen LogP contribution in [0.1, 0.15) is 36.0 Å². The van der Waals surface area contributed by atoms with Crippen molar-refractivity contribution in [3.05, 3.63) is 34.9 Å². The van der Waals surface area contributed by atoms with Crippen LogP contribution in [0.25, 0.3) is 0 Å². The normalized spacial score (nSPS) is 18.2. The van der Waals surface area contributed by atoms with Gasteiger partial charge in [-0.25, -0.2) is 0 Å². The van der Waals surface area contributed by atoms with E-state index in [0.29, 0.717) is 43.3 Å². The number of halogens is 1. The van der Waals surface area contributed by atoms with E-state index in [4.69, 9.17) is 11.6 Å². The molecule has 0 bridgehead atoms. The number of rotatable bonds is 5. The molecule has 1 N–H and O–H groups in total. The van der Waals surface area contributed by atoms with E-state index in [9.17, 15) is 14.4 Å². The van der Waals surface area contributed by atoms with Crippen molar-refractivity contribution in [1.29, 1.82) is 0 Å². The predicted molar refractivity (Wildman–Crippen MR) is 112 cm³/mol. The van der Waals surface area contributed by atoms with Crippen molar-refractivity contribution >= 4 is 29.3 Å². The van der Waals surface area contributed by atoms with Gasteiger partial charge in [0, 0.05) is 49.9 Å². The molecule has 0 radical (unpaired) electrons. The maximum absolute atomic E-state index is 12.5. The second-order valence-corrected chi connectivity index (χ2v) is 8.08. The van der Waals surface area contributed by atoms with E-state index in [2.05, 4.69) is 10.2 Å². The van der Waals surface area contributed by atoms with Crippen molar-refractivity contribution in [1.82, 2.24) is 20.0 Å². The van der Waals surface area contributed by atoms with Crippen molar-refractivity contribution in [2.45, 2.75) is 25.7 Å². The molecule has 0 aromatic heterocycles. The summed E-state index contributed by atoms with van der Waals surface area (Å²) in [5, 5.41) is 3.22. The van der Waals surface area contributed by atoms with Gasteiger partial charge in [-0.2, -0.15) is 0 Å². The highest BCUT2D eigenvalue weighted by Crippen LogP contribution is 2.11. The molecule has 7 nitrogen and oxygen atoms in total. The molecule has 2 saturated heterocycles. The smallest absolute Gasteiger partial charge is 0.251 e. The quantitative estimate of drug-likeness (QED) is 0.785. The largest absolute Gasteiger partial charge is 0.343 e. The molecule has 0 aliphatic carbocycles. The molecule has 29 heavy (non-hydrogen) atoms. The van der Waals surface area contributed by atoms with Crippen molar-refractivity contribution in [2.24, 2.45) is 0 Å². The average molecular weight is 421 g/mol. The summed E-state index contributed by atoms with van der Waals surface area (Å²) >= 11 is 5.82.